The predicted octanol–water partition coefficient (Wildman–Crippen LogP) is 6.89. The summed E-state index contributed by atoms with van der Waals surface area (Å²) in [5, 5.41) is 0. The number of rotatable bonds is 8. The number of ether oxygens (including phenoxy) is 2. The van der Waals surface area contributed by atoms with Crippen molar-refractivity contribution in [3.05, 3.63) is 114 Å². The molecule has 0 spiro atoms. The minimum atomic E-state index is -0.491. The molecule has 0 saturated heterocycles. The molecule has 0 atom stereocenters. The first-order valence-corrected chi connectivity index (χ1v) is 11.9. The van der Waals surface area contributed by atoms with Crippen LogP contribution in [-0.2, 0) is 16.1 Å². The maximum Gasteiger partial charge on any atom is 0.339 e. The lowest BCUT2D eigenvalue weighted by atomic mass is 10.1. The highest BCUT2D eigenvalue weighted by molar-refractivity contribution is 7.99. The highest BCUT2D eigenvalue weighted by Crippen LogP contribution is 2.33. The summed E-state index contributed by atoms with van der Waals surface area (Å²) >= 11 is 1.61. The Kier molecular flexibility index (Phi) is 7.85. The van der Waals surface area contributed by atoms with Crippen LogP contribution in [0.25, 0.3) is 0 Å². The predicted molar refractivity (Wildman–Crippen MR) is 138 cm³/mol. The van der Waals surface area contributed by atoms with Gasteiger partial charge in [0.25, 0.3) is 0 Å². The molecule has 6 heteroatoms. The second kappa shape index (κ2) is 11.4. The zero-order valence-corrected chi connectivity index (χ0v) is 20.3. The Labute approximate surface area is 209 Å². The van der Waals surface area contributed by atoms with Crippen molar-refractivity contribution in [3.63, 3.8) is 0 Å². The van der Waals surface area contributed by atoms with Crippen molar-refractivity contribution in [1.29, 1.82) is 0 Å². The maximum absolute atomic E-state index is 12.5. The fraction of sp³-hybridized carbons (Fsp3) is 0.103. The molecule has 0 fully saturated rings. The van der Waals surface area contributed by atoms with Crippen LogP contribution in [-0.4, -0.2) is 19.0 Å². The standard InChI is InChI=1S/C29H25NO4S/c1-21(31)30(28-11-7-6-10-27(28)29(32)33-2)23-12-16-25(17-13-23)35-26-18-14-24(15-19-26)34-20-22-8-4-3-5-9-22/h3-19H,20H2,1-2H3. The molecule has 4 rings (SSSR count). The van der Waals surface area contributed by atoms with Gasteiger partial charge in [-0.25, -0.2) is 4.79 Å². The van der Waals surface area contributed by atoms with Crippen molar-refractivity contribution in [1.82, 2.24) is 0 Å². The molecule has 0 aliphatic heterocycles. The summed E-state index contributed by atoms with van der Waals surface area (Å²) in [7, 11) is 1.32. The fourth-order valence-corrected chi connectivity index (χ4v) is 4.40. The number of carbonyl (C=O) groups excluding carboxylic acids is 2. The second-order valence-corrected chi connectivity index (χ2v) is 8.85. The number of anilines is 2. The fourth-order valence-electron chi connectivity index (χ4n) is 3.59. The van der Waals surface area contributed by atoms with E-state index in [0.717, 1.165) is 21.1 Å². The summed E-state index contributed by atoms with van der Waals surface area (Å²) in [5.41, 5.74) is 2.61. The van der Waals surface area contributed by atoms with Crippen LogP contribution in [0, 0.1) is 0 Å². The van der Waals surface area contributed by atoms with Gasteiger partial charge in [-0.1, -0.05) is 54.2 Å². The van der Waals surface area contributed by atoms with Gasteiger partial charge >= 0.3 is 5.97 Å². The molecule has 0 aliphatic carbocycles. The van der Waals surface area contributed by atoms with Crippen LogP contribution in [0.2, 0.25) is 0 Å². The van der Waals surface area contributed by atoms with E-state index in [-0.39, 0.29) is 5.91 Å². The molecule has 176 valence electrons. The van der Waals surface area contributed by atoms with Crippen molar-refractivity contribution in [3.8, 4) is 5.75 Å². The van der Waals surface area contributed by atoms with Crippen LogP contribution in [0.4, 0.5) is 11.4 Å². The number of para-hydroxylation sites is 1. The third-order valence-corrected chi connectivity index (χ3v) is 6.28. The maximum atomic E-state index is 12.5. The minimum absolute atomic E-state index is 0.201. The molecule has 0 radical (unpaired) electrons. The molecule has 0 heterocycles. The number of hydrogen-bond acceptors (Lipinski definition) is 5. The van der Waals surface area contributed by atoms with E-state index in [9.17, 15) is 9.59 Å². The van der Waals surface area contributed by atoms with Crippen LogP contribution < -0.4 is 9.64 Å². The Balaban J connectivity index is 1.45. The van der Waals surface area contributed by atoms with Gasteiger partial charge < -0.3 is 9.47 Å². The van der Waals surface area contributed by atoms with Gasteiger partial charge in [-0.05, 0) is 66.2 Å². The third-order valence-electron chi connectivity index (χ3n) is 5.27. The molecular formula is C29H25NO4S. The summed E-state index contributed by atoms with van der Waals surface area (Å²) in [5.74, 6) is 0.123. The highest BCUT2D eigenvalue weighted by atomic mass is 32.2. The quantitative estimate of drug-likeness (QED) is 0.256. The number of amides is 1. The van der Waals surface area contributed by atoms with E-state index in [1.54, 1.807) is 36.0 Å². The van der Waals surface area contributed by atoms with E-state index in [1.165, 1.54) is 18.9 Å². The minimum Gasteiger partial charge on any atom is -0.489 e. The molecule has 0 bridgehead atoms. The molecule has 35 heavy (non-hydrogen) atoms. The number of carbonyl (C=O) groups is 2. The smallest absolute Gasteiger partial charge is 0.339 e. The van der Waals surface area contributed by atoms with Crippen molar-refractivity contribution in [2.45, 2.75) is 23.3 Å². The van der Waals surface area contributed by atoms with Gasteiger partial charge in [0.2, 0.25) is 5.91 Å². The molecule has 0 aromatic heterocycles. The van der Waals surface area contributed by atoms with Crippen molar-refractivity contribution in [2.75, 3.05) is 12.0 Å². The Morgan fingerprint density at radius 3 is 2.00 bits per heavy atom. The van der Waals surface area contributed by atoms with Crippen LogP contribution in [0.15, 0.2) is 113 Å². The van der Waals surface area contributed by atoms with Gasteiger partial charge in [-0.3, -0.25) is 9.69 Å². The lowest BCUT2D eigenvalue weighted by molar-refractivity contribution is -0.115. The first kappa shape index (κ1) is 24.1. The Bertz CT molecular complexity index is 1290. The van der Waals surface area contributed by atoms with E-state index in [0.29, 0.717) is 23.5 Å². The molecule has 0 unspecified atom stereocenters. The summed E-state index contributed by atoms with van der Waals surface area (Å²) in [6.07, 6.45) is 0. The summed E-state index contributed by atoms with van der Waals surface area (Å²) < 4.78 is 10.7. The SMILES string of the molecule is COC(=O)c1ccccc1N(C(C)=O)c1ccc(Sc2ccc(OCc3ccccc3)cc2)cc1. The number of hydrogen-bond donors (Lipinski definition) is 0. The first-order chi connectivity index (χ1) is 17.0. The third kappa shape index (κ3) is 6.11. The number of methoxy groups -OCH3 is 1. The first-order valence-electron chi connectivity index (χ1n) is 11.1. The number of nitrogens with zero attached hydrogens (tertiary/aromatic N) is 1. The van der Waals surface area contributed by atoms with Gasteiger partial charge in [0.05, 0.1) is 18.4 Å². The molecule has 0 N–H and O–H groups in total. The molecule has 5 nitrogen and oxygen atoms in total. The Morgan fingerprint density at radius 2 is 1.37 bits per heavy atom. The van der Waals surface area contributed by atoms with Crippen LogP contribution in [0.3, 0.4) is 0 Å². The van der Waals surface area contributed by atoms with Gasteiger partial charge in [0.15, 0.2) is 0 Å². The summed E-state index contributed by atoms with van der Waals surface area (Å²) in [4.78, 5) is 28.3. The van der Waals surface area contributed by atoms with Crippen LogP contribution in [0.5, 0.6) is 5.75 Å². The molecule has 1 amide bonds. The molecule has 0 aliphatic rings. The Hall–Kier alpha value is -4.03. The lowest BCUT2D eigenvalue weighted by Gasteiger charge is -2.23. The number of benzene rings is 4. The summed E-state index contributed by atoms with van der Waals surface area (Å²) in [6.45, 7) is 2.00. The van der Waals surface area contributed by atoms with Crippen molar-refractivity contribution < 1.29 is 19.1 Å². The van der Waals surface area contributed by atoms with E-state index in [4.69, 9.17) is 9.47 Å². The monoisotopic (exact) mass is 483 g/mol. The topological polar surface area (TPSA) is 55.8 Å². The highest BCUT2D eigenvalue weighted by Gasteiger charge is 2.21. The van der Waals surface area contributed by atoms with Crippen molar-refractivity contribution in [2.24, 2.45) is 0 Å². The zero-order valence-electron chi connectivity index (χ0n) is 19.5. The van der Waals surface area contributed by atoms with Crippen LogP contribution >= 0.6 is 11.8 Å². The molecule has 4 aromatic rings. The van der Waals surface area contributed by atoms with E-state index in [2.05, 4.69) is 0 Å². The van der Waals surface area contributed by atoms with E-state index in [1.807, 2.05) is 78.9 Å². The number of esters is 1. The van der Waals surface area contributed by atoms with Gasteiger partial charge in [0.1, 0.15) is 12.4 Å². The van der Waals surface area contributed by atoms with Gasteiger partial charge in [-0.15, -0.1) is 0 Å². The van der Waals surface area contributed by atoms with E-state index < -0.39 is 5.97 Å². The molecular weight excluding hydrogens is 458 g/mol. The zero-order chi connectivity index (χ0) is 24.6. The molecule has 4 aromatic carbocycles. The summed E-state index contributed by atoms with van der Waals surface area (Å²) in [6, 6.07) is 32.6. The van der Waals surface area contributed by atoms with E-state index >= 15 is 0 Å². The lowest BCUT2D eigenvalue weighted by Crippen LogP contribution is -2.25. The average Bonchev–Trinajstić information content (AvgIpc) is 2.90. The average molecular weight is 484 g/mol. The largest absolute Gasteiger partial charge is 0.489 e. The van der Waals surface area contributed by atoms with Gasteiger partial charge in [-0.2, -0.15) is 0 Å². The van der Waals surface area contributed by atoms with Gasteiger partial charge in [0, 0.05) is 22.4 Å². The van der Waals surface area contributed by atoms with Crippen molar-refractivity contribution >= 4 is 35.0 Å². The Morgan fingerprint density at radius 1 is 0.771 bits per heavy atom. The second-order valence-electron chi connectivity index (χ2n) is 7.70. The normalized spacial score (nSPS) is 10.5. The van der Waals surface area contributed by atoms with Crippen LogP contribution in [0.1, 0.15) is 22.8 Å². The molecule has 0 saturated carbocycles.